The highest BCUT2D eigenvalue weighted by Gasteiger charge is 2.32. The number of carbonyl (C=O) groups is 1. The number of benzene rings is 2. The summed E-state index contributed by atoms with van der Waals surface area (Å²) in [4.78, 5) is 23.3. The zero-order valence-electron chi connectivity index (χ0n) is 20.5. The number of nitrogens with zero attached hydrogens (tertiary/aromatic N) is 3. The molecule has 1 saturated heterocycles. The van der Waals surface area contributed by atoms with Gasteiger partial charge in [-0.25, -0.2) is 4.98 Å². The topological polar surface area (TPSA) is 48.5 Å². The van der Waals surface area contributed by atoms with Crippen molar-refractivity contribution in [2.45, 2.75) is 45.4 Å². The van der Waals surface area contributed by atoms with Crippen LogP contribution in [0.1, 0.15) is 49.7 Å². The zero-order chi connectivity index (χ0) is 23.5. The Morgan fingerprint density at radius 1 is 1.03 bits per heavy atom. The second-order valence-corrected chi connectivity index (χ2v) is 9.87. The summed E-state index contributed by atoms with van der Waals surface area (Å²) in [5.74, 6) is 1.49. The van der Waals surface area contributed by atoms with Crippen LogP contribution in [0.25, 0.3) is 10.9 Å². The first kappa shape index (κ1) is 22.9. The molecule has 5 heteroatoms. The Hall–Kier alpha value is -2.92. The van der Waals surface area contributed by atoms with E-state index in [9.17, 15) is 4.79 Å². The molecule has 0 bridgehead atoms. The van der Waals surface area contributed by atoms with Crippen LogP contribution in [-0.2, 0) is 4.79 Å². The highest BCUT2D eigenvalue weighted by molar-refractivity contribution is 5.98. The smallest absolute Gasteiger partial charge is 0.232 e. The lowest BCUT2D eigenvalue weighted by molar-refractivity contribution is -0.118. The molecule has 1 amide bonds. The third-order valence-corrected chi connectivity index (χ3v) is 7.73. The molecule has 1 aromatic heterocycles. The summed E-state index contributed by atoms with van der Waals surface area (Å²) < 4.78 is 0. The van der Waals surface area contributed by atoms with Gasteiger partial charge in [0, 0.05) is 37.3 Å². The molecule has 0 radical (unpaired) electrons. The van der Waals surface area contributed by atoms with Crippen molar-refractivity contribution in [2.75, 3.05) is 42.9 Å². The van der Waals surface area contributed by atoms with E-state index in [4.69, 9.17) is 4.98 Å². The lowest BCUT2D eigenvalue weighted by Gasteiger charge is -2.35. The van der Waals surface area contributed by atoms with Crippen LogP contribution in [0.15, 0.2) is 54.6 Å². The van der Waals surface area contributed by atoms with Gasteiger partial charge in [0.15, 0.2) is 0 Å². The van der Waals surface area contributed by atoms with Gasteiger partial charge in [-0.15, -0.1) is 0 Å². The van der Waals surface area contributed by atoms with E-state index < -0.39 is 0 Å². The molecule has 1 N–H and O–H groups in total. The van der Waals surface area contributed by atoms with Crippen LogP contribution in [0, 0.1) is 12.8 Å². The fraction of sp³-hybridized carbons (Fsp3) is 0.448. The Kier molecular flexibility index (Phi) is 6.82. The molecule has 2 aromatic carbocycles. The fourth-order valence-electron chi connectivity index (χ4n) is 5.72. The highest BCUT2D eigenvalue weighted by atomic mass is 16.1. The van der Waals surface area contributed by atoms with Crippen molar-refractivity contribution in [1.82, 2.24) is 9.88 Å². The molecule has 2 aliphatic rings. The monoisotopic (exact) mass is 456 g/mol. The number of fused-ring (bicyclic) bond motifs is 1. The van der Waals surface area contributed by atoms with Crippen LogP contribution >= 0.6 is 0 Å². The summed E-state index contributed by atoms with van der Waals surface area (Å²) in [7, 11) is 0. The van der Waals surface area contributed by atoms with Gasteiger partial charge in [-0.2, -0.15) is 0 Å². The quantitative estimate of drug-likeness (QED) is 0.525. The van der Waals surface area contributed by atoms with Crippen molar-refractivity contribution >= 4 is 28.3 Å². The number of piperazine rings is 1. The molecule has 178 valence electrons. The first-order valence-corrected chi connectivity index (χ1v) is 12.9. The number of hydrogen-bond acceptors (Lipinski definition) is 4. The SMILES string of the molecule is CCN1CCN(c2cc(C)c3cc(NC(=O)C(c4ccccc4)C4CCCC4)ccc3n2)CC1. The highest BCUT2D eigenvalue weighted by Crippen LogP contribution is 2.38. The van der Waals surface area contributed by atoms with Crippen molar-refractivity contribution in [1.29, 1.82) is 0 Å². The van der Waals surface area contributed by atoms with E-state index in [1.807, 2.05) is 24.3 Å². The molecule has 1 aliphatic carbocycles. The Labute approximate surface area is 203 Å². The molecular weight excluding hydrogens is 420 g/mol. The fourth-order valence-corrected chi connectivity index (χ4v) is 5.72. The van der Waals surface area contributed by atoms with Crippen LogP contribution in [0.3, 0.4) is 0 Å². The Bertz CT molecular complexity index is 1130. The van der Waals surface area contributed by atoms with Gasteiger partial charge >= 0.3 is 0 Å². The molecular formula is C29H36N4O. The number of amides is 1. The molecule has 2 heterocycles. The number of likely N-dealkylation sites (N-methyl/N-ethyl adjacent to an activating group) is 1. The molecule has 5 rings (SSSR count). The molecule has 1 unspecified atom stereocenters. The summed E-state index contributed by atoms with van der Waals surface area (Å²) in [5.41, 5.74) is 4.16. The van der Waals surface area contributed by atoms with Crippen molar-refractivity contribution in [3.63, 3.8) is 0 Å². The van der Waals surface area contributed by atoms with Crippen molar-refractivity contribution in [2.24, 2.45) is 5.92 Å². The molecule has 0 spiro atoms. The third kappa shape index (κ3) is 4.80. The summed E-state index contributed by atoms with van der Waals surface area (Å²) in [6.45, 7) is 9.68. The van der Waals surface area contributed by atoms with Crippen molar-refractivity contribution < 1.29 is 4.79 Å². The van der Waals surface area contributed by atoms with E-state index in [0.29, 0.717) is 5.92 Å². The molecule has 2 fully saturated rings. The maximum atomic E-state index is 13.5. The number of rotatable bonds is 6. The van der Waals surface area contributed by atoms with Gasteiger partial charge in [0.25, 0.3) is 0 Å². The minimum Gasteiger partial charge on any atom is -0.354 e. The van der Waals surface area contributed by atoms with E-state index >= 15 is 0 Å². The molecule has 3 aromatic rings. The van der Waals surface area contributed by atoms with E-state index in [2.05, 4.69) is 59.3 Å². The van der Waals surface area contributed by atoms with Gasteiger partial charge in [-0.05, 0) is 67.6 Å². The molecule has 1 atom stereocenters. The van der Waals surface area contributed by atoms with Gasteiger partial charge in [0.05, 0.1) is 11.4 Å². The van der Waals surface area contributed by atoms with Crippen LogP contribution in [0.2, 0.25) is 0 Å². The number of pyridine rings is 1. The summed E-state index contributed by atoms with van der Waals surface area (Å²) in [5, 5.41) is 4.35. The van der Waals surface area contributed by atoms with Crippen molar-refractivity contribution in [3.8, 4) is 0 Å². The maximum absolute atomic E-state index is 13.5. The number of carbonyl (C=O) groups excluding carboxylic acids is 1. The lowest BCUT2D eigenvalue weighted by atomic mass is 9.84. The van der Waals surface area contributed by atoms with Crippen LogP contribution in [0.4, 0.5) is 11.5 Å². The number of nitrogens with one attached hydrogen (secondary N) is 1. The third-order valence-electron chi connectivity index (χ3n) is 7.73. The van der Waals surface area contributed by atoms with Gasteiger partial charge in [-0.1, -0.05) is 50.1 Å². The maximum Gasteiger partial charge on any atom is 0.232 e. The molecule has 34 heavy (non-hydrogen) atoms. The average Bonchev–Trinajstić information content (AvgIpc) is 3.39. The predicted molar refractivity (Wildman–Crippen MR) is 141 cm³/mol. The number of anilines is 2. The van der Waals surface area contributed by atoms with E-state index in [0.717, 1.165) is 73.5 Å². The van der Waals surface area contributed by atoms with Crippen LogP contribution in [0.5, 0.6) is 0 Å². The normalized spacial score (nSPS) is 18.4. The van der Waals surface area contributed by atoms with Gasteiger partial charge in [0.1, 0.15) is 5.82 Å². The van der Waals surface area contributed by atoms with Crippen LogP contribution in [-0.4, -0.2) is 48.5 Å². The number of aryl methyl sites for hydroxylation is 1. The standard InChI is InChI=1S/C29H36N4O/c1-3-32-15-17-33(18-16-32)27-19-21(2)25-20-24(13-14-26(25)31-27)30-29(34)28(23-11-7-8-12-23)22-9-5-4-6-10-22/h4-6,9-10,13-14,19-20,23,28H,3,7-8,11-12,15-18H2,1-2H3,(H,30,34). The van der Waals surface area contributed by atoms with Gasteiger partial charge in [0.2, 0.25) is 5.91 Å². The summed E-state index contributed by atoms with van der Waals surface area (Å²) in [6, 6.07) is 18.6. The lowest BCUT2D eigenvalue weighted by Crippen LogP contribution is -2.46. The second kappa shape index (κ2) is 10.1. The summed E-state index contributed by atoms with van der Waals surface area (Å²) >= 11 is 0. The van der Waals surface area contributed by atoms with E-state index in [1.54, 1.807) is 0 Å². The van der Waals surface area contributed by atoms with Gasteiger partial charge in [-0.3, -0.25) is 4.79 Å². The second-order valence-electron chi connectivity index (χ2n) is 9.87. The first-order valence-electron chi connectivity index (χ1n) is 12.9. The Morgan fingerprint density at radius 2 is 1.76 bits per heavy atom. The number of aromatic nitrogens is 1. The zero-order valence-corrected chi connectivity index (χ0v) is 20.5. The van der Waals surface area contributed by atoms with E-state index in [1.165, 1.54) is 18.4 Å². The molecule has 5 nitrogen and oxygen atoms in total. The van der Waals surface area contributed by atoms with E-state index in [-0.39, 0.29) is 11.8 Å². The minimum absolute atomic E-state index is 0.0946. The number of hydrogen-bond donors (Lipinski definition) is 1. The Balaban J connectivity index is 1.36. The van der Waals surface area contributed by atoms with Crippen LogP contribution < -0.4 is 10.2 Å². The molecule has 1 saturated carbocycles. The largest absolute Gasteiger partial charge is 0.354 e. The first-order chi connectivity index (χ1) is 16.6. The minimum atomic E-state index is -0.0946. The van der Waals surface area contributed by atoms with Crippen molar-refractivity contribution in [3.05, 3.63) is 65.7 Å². The summed E-state index contributed by atoms with van der Waals surface area (Å²) in [6.07, 6.45) is 4.70. The molecule has 1 aliphatic heterocycles. The predicted octanol–water partition coefficient (Wildman–Crippen LogP) is 5.60. The average molecular weight is 457 g/mol. The van der Waals surface area contributed by atoms with Gasteiger partial charge < -0.3 is 15.1 Å². The Morgan fingerprint density at radius 3 is 2.47 bits per heavy atom.